The zero-order chi connectivity index (χ0) is 14.7. The van der Waals surface area contributed by atoms with E-state index >= 15 is 0 Å². The maximum Gasteiger partial charge on any atom is 0.324 e. The van der Waals surface area contributed by atoms with Crippen molar-refractivity contribution in [1.29, 1.82) is 0 Å². The molecule has 1 N–H and O–H groups in total. The van der Waals surface area contributed by atoms with E-state index in [0.29, 0.717) is 18.7 Å². The molecule has 1 aromatic carbocycles. The van der Waals surface area contributed by atoms with Gasteiger partial charge in [0.15, 0.2) is 0 Å². The number of hydrogen-bond acceptors (Lipinski definition) is 3. The molecule has 0 bridgehead atoms. The number of benzene rings is 1. The second-order valence-electron chi connectivity index (χ2n) is 4.66. The molecule has 0 aliphatic carbocycles. The topological polar surface area (TPSA) is 49.4 Å². The van der Waals surface area contributed by atoms with Crippen molar-refractivity contribution in [3.05, 3.63) is 35.6 Å². The van der Waals surface area contributed by atoms with Gasteiger partial charge in [-0.2, -0.15) is 0 Å². The van der Waals surface area contributed by atoms with Gasteiger partial charge in [0.05, 0.1) is 5.25 Å². The molecule has 0 aromatic heterocycles. The molecule has 0 saturated carbocycles. The Hall–Kier alpha value is -1.56. The summed E-state index contributed by atoms with van der Waals surface area (Å²) >= 11 is 1.35. The van der Waals surface area contributed by atoms with Crippen molar-refractivity contribution in [2.45, 2.75) is 24.3 Å². The Morgan fingerprint density at radius 1 is 1.40 bits per heavy atom. The van der Waals surface area contributed by atoms with Crippen LogP contribution in [0, 0.1) is 5.82 Å². The van der Waals surface area contributed by atoms with Gasteiger partial charge in [0.25, 0.3) is 0 Å². The molecule has 1 aromatic rings. The zero-order valence-electron chi connectivity index (χ0n) is 11.4. The first kappa shape index (κ1) is 14.8. The standard InChI is InChI=1S/C14H17FN2O2S/c1-9(11-5-3-4-6-12(11)15)20-10(2)13(18)17-8-7-16-14(17)19/h3-6,9-10H,7-8H2,1-2H3,(H,16,19)/t9-,10+/m0/s1. The number of hydrogen-bond donors (Lipinski definition) is 1. The Morgan fingerprint density at radius 3 is 2.70 bits per heavy atom. The van der Waals surface area contributed by atoms with Crippen molar-refractivity contribution in [2.75, 3.05) is 13.1 Å². The molecule has 0 spiro atoms. The number of thioether (sulfide) groups is 1. The monoisotopic (exact) mass is 296 g/mol. The van der Waals surface area contributed by atoms with Crippen LogP contribution in [0.15, 0.2) is 24.3 Å². The lowest BCUT2D eigenvalue weighted by Crippen LogP contribution is -2.39. The van der Waals surface area contributed by atoms with Crippen molar-refractivity contribution >= 4 is 23.7 Å². The first-order valence-electron chi connectivity index (χ1n) is 6.50. The fourth-order valence-electron chi connectivity index (χ4n) is 2.14. The fraction of sp³-hybridized carbons (Fsp3) is 0.429. The molecule has 20 heavy (non-hydrogen) atoms. The van der Waals surface area contributed by atoms with E-state index in [0.717, 1.165) is 0 Å². The van der Waals surface area contributed by atoms with Gasteiger partial charge >= 0.3 is 6.03 Å². The summed E-state index contributed by atoms with van der Waals surface area (Å²) in [6.45, 7) is 4.49. The van der Waals surface area contributed by atoms with Crippen molar-refractivity contribution < 1.29 is 14.0 Å². The number of nitrogens with zero attached hydrogens (tertiary/aromatic N) is 1. The van der Waals surface area contributed by atoms with E-state index in [1.165, 1.54) is 22.7 Å². The van der Waals surface area contributed by atoms with E-state index in [2.05, 4.69) is 5.32 Å². The molecular formula is C14H17FN2O2S. The SMILES string of the molecule is C[C@H](S[C@H](C)C(=O)N1CCNC1=O)c1ccccc1F. The molecule has 2 rings (SSSR count). The highest BCUT2D eigenvalue weighted by atomic mass is 32.2. The minimum absolute atomic E-state index is 0.152. The average molecular weight is 296 g/mol. The highest BCUT2D eigenvalue weighted by molar-refractivity contribution is 8.00. The average Bonchev–Trinajstić information content (AvgIpc) is 2.84. The Morgan fingerprint density at radius 2 is 2.10 bits per heavy atom. The second kappa shape index (κ2) is 6.26. The molecule has 108 valence electrons. The molecule has 4 nitrogen and oxygen atoms in total. The summed E-state index contributed by atoms with van der Waals surface area (Å²) in [6, 6.07) is 6.19. The lowest BCUT2D eigenvalue weighted by molar-refractivity contribution is -0.126. The van der Waals surface area contributed by atoms with E-state index in [4.69, 9.17) is 0 Å². The van der Waals surface area contributed by atoms with E-state index in [1.807, 2.05) is 6.92 Å². The van der Waals surface area contributed by atoms with E-state index in [-0.39, 0.29) is 23.0 Å². The molecule has 3 amide bonds. The summed E-state index contributed by atoms with van der Waals surface area (Å²) in [5, 5.41) is 2.05. The van der Waals surface area contributed by atoms with Gasteiger partial charge in [-0.05, 0) is 19.9 Å². The summed E-state index contributed by atoms with van der Waals surface area (Å²) in [5.74, 6) is -0.501. The van der Waals surface area contributed by atoms with Crippen molar-refractivity contribution in [2.24, 2.45) is 0 Å². The maximum absolute atomic E-state index is 13.7. The number of carbonyl (C=O) groups excluding carboxylic acids is 2. The van der Waals surface area contributed by atoms with Crippen LogP contribution in [0.25, 0.3) is 0 Å². The molecular weight excluding hydrogens is 279 g/mol. The summed E-state index contributed by atoms with van der Waals surface area (Å²) in [6.07, 6.45) is 0. The minimum Gasteiger partial charge on any atom is -0.336 e. The number of urea groups is 1. The van der Waals surface area contributed by atoms with Gasteiger partial charge < -0.3 is 5.32 Å². The Balaban J connectivity index is 2.00. The maximum atomic E-state index is 13.7. The molecule has 1 aliphatic rings. The van der Waals surface area contributed by atoms with Gasteiger partial charge in [-0.1, -0.05) is 18.2 Å². The summed E-state index contributed by atoms with van der Waals surface area (Å²) in [5.41, 5.74) is 0.572. The number of nitrogens with one attached hydrogen (secondary N) is 1. The molecule has 2 atom stereocenters. The van der Waals surface area contributed by atoms with Crippen LogP contribution in [0.4, 0.5) is 9.18 Å². The van der Waals surface area contributed by atoms with Crippen LogP contribution >= 0.6 is 11.8 Å². The fourth-order valence-corrected chi connectivity index (χ4v) is 3.34. The predicted octanol–water partition coefficient (Wildman–Crippen LogP) is 2.56. The van der Waals surface area contributed by atoms with Crippen LogP contribution in [0.2, 0.25) is 0 Å². The number of carbonyl (C=O) groups is 2. The van der Waals surface area contributed by atoms with Crippen molar-refractivity contribution in [3.8, 4) is 0 Å². The molecule has 1 heterocycles. The second-order valence-corrected chi connectivity index (χ2v) is 6.35. The first-order valence-corrected chi connectivity index (χ1v) is 7.44. The smallest absolute Gasteiger partial charge is 0.324 e. The van der Waals surface area contributed by atoms with Crippen LogP contribution in [-0.2, 0) is 4.79 Å². The van der Waals surface area contributed by atoms with Gasteiger partial charge in [0.2, 0.25) is 5.91 Å². The molecule has 1 aliphatic heterocycles. The molecule has 0 radical (unpaired) electrons. The summed E-state index contributed by atoms with van der Waals surface area (Å²) in [7, 11) is 0. The molecule has 0 unspecified atom stereocenters. The third kappa shape index (κ3) is 3.12. The number of rotatable bonds is 4. The van der Waals surface area contributed by atoms with Gasteiger partial charge in [0, 0.05) is 23.9 Å². The molecule has 1 fully saturated rings. The van der Waals surface area contributed by atoms with Gasteiger partial charge in [-0.3, -0.25) is 9.69 Å². The van der Waals surface area contributed by atoms with Crippen LogP contribution in [-0.4, -0.2) is 35.2 Å². The number of amides is 3. The third-order valence-electron chi connectivity index (χ3n) is 3.22. The first-order chi connectivity index (χ1) is 9.50. The molecule has 1 saturated heterocycles. The number of halogens is 1. The van der Waals surface area contributed by atoms with E-state index < -0.39 is 5.25 Å². The van der Waals surface area contributed by atoms with Crippen LogP contribution in [0.3, 0.4) is 0 Å². The lowest BCUT2D eigenvalue weighted by Gasteiger charge is -2.21. The summed E-state index contributed by atoms with van der Waals surface area (Å²) < 4.78 is 13.7. The van der Waals surface area contributed by atoms with Crippen molar-refractivity contribution in [1.82, 2.24) is 10.2 Å². The normalized spacial score (nSPS) is 17.8. The van der Waals surface area contributed by atoms with Crippen LogP contribution < -0.4 is 5.32 Å². The quantitative estimate of drug-likeness (QED) is 0.929. The summed E-state index contributed by atoms with van der Waals surface area (Å²) in [4.78, 5) is 24.8. The van der Waals surface area contributed by atoms with E-state index in [9.17, 15) is 14.0 Å². The van der Waals surface area contributed by atoms with Crippen LogP contribution in [0.1, 0.15) is 24.7 Å². The Labute approximate surface area is 121 Å². The predicted molar refractivity (Wildman–Crippen MR) is 77.0 cm³/mol. The van der Waals surface area contributed by atoms with Gasteiger partial charge in [-0.25, -0.2) is 9.18 Å². The van der Waals surface area contributed by atoms with Crippen LogP contribution in [0.5, 0.6) is 0 Å². The van der Waals surface area contributed by atoms with Gasteiger partial charge in [0.1, 0.15) is 5.82 Å². The minimum atomic E-state index is -0.395. The number of imide groups is 1. The molecule has 6 heteroatoms. The highest BCUT2D eigenvalue weighted by Gasteiger charge is 2.31. The van der Waals surface area contributed by atoms with Crippen molar-refractivity contribution in [3.63, 3.8) is 0 Å². The zero-order valence-corrected chi connectivity index (χ0v) is 12.2. The highest BCUT2D eigenvalue weighted by Crippen LogP contribution is 2.33. The Kier molecular flexibility index (Phi) is 4.65. The van der Waals surface area contributed by atoms with Gasteiger partial charge in [-0.15, -0.1) is 11.8 Å². The lowest BCUT2D eigenvalue weighted by atomic mass is 10.1. The van der Waals surface area contributed by atoms with E-state index in [1.54, 1.807) is 25.1 Å². The largest absolute Gasteiger partial charge is 0.336 e. The Bertz CT molecular complexity index is 524. The third-order valence-corrected chi connectivity index (χ3v) is 4.49.